The van der Waals surface area contributed by atoms with Gasteiger partial charge in [-0.2, -0.15) is 0 Å². The molecule has 0 fully saturated rings. The van der Waals surface area contributed by atoms with Crippen molar-refractivity contribution in [3.05, 3.63) is 28.6 Å². The van der Waals surface area contributed by atoms with E-state index in [1.807, 2.05) is 0 Å². The Labute approximate surface area is 81.9 Å². The lowest BCUT2D eigenvalue weighted by molar-refractivity contribution is -0.458. The Morgan fingerprint density at radius 1 is 1.18 bits per heavy atom. The predicted octanol–water partition coefficient (Wildman–Crippen LogP) is 2.41. The zero-order valence-corrected chi connectivity index (χ0v) is 9.56. The standard InChI is InChI=1S/C9H13IN/c1-6-5-7(2)11(10)9(4)8(6)3/h5H,1-4H3/q+1. The van der Waals surface area contributed by atoms with Crippen LogP contribution in [0.5, 0.6) is 0 Å². The molecular formula is C9H13IN+. The van der Waals surface area contributed by atoms with Crippen molar-refractivity contribution in [2.45, 2.75) is 27.7 Å². The number of hydrogen-bond donors (Lipinski definition) is 0. The number of nitrogens with zero attached hydrogens (tertiary/aromatic N) is 1. The second-order valence-corrected chi connectivity index (χ2v) is 3.92. The first-order valence-corrected chi connectivity index (χ1v) is 4.66. The van der Waals surface area contributed by atoms with Crippen LogP contribution in [-0.4, -0.2) is 0 Å². The molecule has 0 radical (unpaired) electrons. The summed E-state index contributed by atoms with van der Waals surface area (Å²) in [6.45, 7) is 8.61. The van der Waals surface area contributed by atoms with Gasteiger partial charge in [-0.25, -0.2) is 0 Å². The van der Waals surface area contributed by atoms with E-state index in [0.717, 1.165) is 0 Å². The summed E-state index contributed by atoms with van der Waals surface area (Å²) in [7, 11) is 0. The van der Waals surface area contributed by atoms with Gasteiger partial charge in [0.15, 0.2) is 11.4 Å². The number of hydrogen-bond acceptors (Lipinski definition) is 0. The van der Waals surface area contributed by atoms with Gasteiger partial charge in [0.25, 0.3) is 0 Å². The molecule has 60 valence electrons. The first-order chi connectivity index (χ1) is 5.04. The van der Waals surface area contributed by atoms with Gasteiger partial charge in [-0.3, -0.25) is 0 Å². The minimum atomic E-state index is 1.31. The molecule has 1 rings (SSSR count). The number of aryl methyl sites for hydroxylation is 2. The summed E-state index contributed by atoms with van der Waals surface area (Å²) in [4.78, 5) is 0. The molecule has 0 spiro atoms. The second kappa shape index (κ2) is 3.09. The molecule has 11 heavy (non-hydrogen) atoms. The molecule has 0 aliphatic heterocycles. The van der Waals surface area contributed by atoms with Crippen molar-refractivity contribution in [2.24, 2.45) is 0 Å². The van der Waals surface area contributed by atoms with Gasteiger partial charge in [0.2, 0.25) is 0 Å². The lowest BCUT2D eigenvalue weighted by Gasteiger charge is -2.02. The Balaban J connectivity index is 3.46. The number of pyridine rings is 1. The maximum atomic E-state index is 2.33. The van der Waals surface area contributed by atoms with E-state index in [0.29, 0.717) is 0 Å². The molecule has 0 atom stereocenters. The van der Waals surface area contributed by atoms with Gasteiger partial charge in [-0.1, -0.05) is 0 Å². The number of rotatable bonds is 0. The van der Waals surface area contributed by atoms with E-state index in [9.17, 15) is 0 Å². The van der Waals surface area contributed by atoms with Crippen molar-refractivity contribution in [3.8, 4) is 0 Å². The summed E-state index contributed by atoms with van der Waals surface area (Å²) in [5.74, 6) is 0. The molecule has 0 bridgehead atoms. The largest absolute Gasteiger partial charge is 0.354 e. The molecule has 0 unspecified atom stereocenters. The Morgan fingerprint density at radius 2 is 1.73 bits per heavy atom. The minimum absolute atomic E-state index is 1.31. The van der Waals surface area contributed by atoms with Crippen molar-refractivity contribution in [2.75, 3.05) is 0 Å². The Bertz CT molecular complexity index is 266. The SMILES string of the molecule is Cc1cc(C)[n+](I)c(C)c1C. The summed E-state index contributed by atoms with van der Waals surface area (Å²) in [6.07, 6.45) is 0. The van der Waals surface area contributed by atoms with Crippen molar-refractivity contribution in [3.63, 3.8) is 0 Å². The molecule has 0 aliphatic rings. The van der Waals surface area contributed by atoms with E-state index in [-0.39, 0.29) is 0 Å². The molecule has 1 heterocycles. The average Bonchev–Trinajstić information content (AvgIpc) is 1.97. The van der Waals surface area contributed by atoms with Crippen LogP contribution in [0.2, 0.25) is 0 Å². The molecule has 1 nitrogen and oxygen atoms in total. The molecule has 2 heteroatoms. The minimum Gasteiger partial charge on any atom is -0.138 e. The highest BCUT2D eigenvalue weighted by Crippen LogP contribution is 2.10. The highest BCUT2D eigenvalue weighted by Gasteiger charge is 2.12. The molecule has 1 aromatic heterocycles. The highest BCUT2D eigenvalue weighted by atomic mass is 127. The van der Waals surface area contributed by atoms with E-state index < -0.39 is 0 Å². The van der Waals surface area contributed by atoms with Gasteiger partial charge < -0.3 is 0 Å². The third kappa shape index (κ3) is 1.55. The van der Waals surface area contributed by atoms with E-state index in [2.05, 4.69) is 59.4 Å². The molecule has 0 saturated carbocycles. The Kier molecular flexibility index (Phi) is 2.52. The normalized spacial score (nSPS) is 10.3. The lowest BCUT2D eigenvalue weighted by atomic mass is 10.1. The summed E-state index contributed by atoms with van der Waals surface area (Å²) < 4.78 is 2.19. The van der Waals surface area contributed by atoms with Gasteiger partial charge in [0.1, 0.15) is 0 Å². The zero-order chi connectivity index (χ0) is 8.59. The fraction of sp³-hybridized carbons (Fsp3) is 0.444. The van der Waals surface area contributed by atoms with Crippen LogP contribution in [0.25, 0.3) is 0 Å². The van der Waals surface area contributed by atoms with Crippen molar-refractivity contribution < 1.29 is 2.78 Å². The average molecular weight is 262 g/mol. The highest BCUT2D eigenvalue weighted by molar-refractivity contribution is 14.1. The molecule has 0 aliphatic carbocycles. The van der Waals surface area contributed by atoms with Crippen molar-refractivity contribution in [1.29, 1.82) is 0 Å². The molecule has 1 aromatic rings. The van der Waals surface area contributed by atoms with Crippen molar-refractivity contribution in [1.82, 2.24) is 0 Å². The quantitative estimate of drug-likeness (QED) is 0.632. The van der Waals surface area contributed by atoms with Gasteiger partial charge in [0.05, 0.1) is 0 Å². The maximum Gasteiger partial charge on any atom is 0.354 e. The third-order valence-electron chi connectivity index (χ3n) is 2.16. The van der Waals surface area contributed by atoms with E-state index >= 15 is 0 Å². The fourth-order valence-corrected chi connectivity index (χ4v) is 1.68. The van der Waals surface area contributed by atoms with Crippen LogP contribution < -0.4 is 2.78 Å². The lowest BCUT2D eigenvalue weighted by Crippen LogP contribution is -2.29. The van der Waals surface area contributed by atoms with Gasteiger partial charge >= 0.3 is 22.9 Å². The van der Waals surface area contributed by atoms with Crippen molar-refractivity contribution >= 4 is 22.9 Å². The maximum absolute atomic E-state index is 2.33. The first kappa shape index (κ1) is 8.97. The Morgan fingerprint density at radius 3 is 2.27 bits per heavy atom. The Hall–Kier alpha value is -0.120. The number of aromatic nitrogens is 1. The molecule has 0 saturated heterocycles. The number of halogens is 1. The van der Waals surface area contributed by atoms with Crippen LogP contribution in [0.1, 0.15) is 22.5 Å². The first-order valence-electron chi connectivity index (χ1n) is 3.69. The summed E-state index contributed by atoms with van der Waals surface area (Å²) >= 11 is 2.33. The van der Waals surface area contributed by atoms with Crippen LogP contribution in [0, 0.1) is 27.7 Å². The van der Waals surface area contributed by atoms with E-state index in [4.69, 9.17) is 0 Å². The third-order valence-corrected chi connectivity index (χ3v) is 3.65. The second-order valence-electron chi connectivity index (χ2n) is 2.96. The van der Waals surface area contributed by atoms with Crippen LogP contribution in [0.4, 0.5) is 0 Å². The van der Waals surface area contributed by atoms with Crippen LogP contribution in [-0.2, 0) is 0 Å². The monoisotopic (exact) mass is 262 g/mol. The molecular weight excluding hydrogens is 249 g/mol. The van der Waals surface area contributed by atoms with Crippen LogP contribution in [0.15, 0.2) is 6.07 Å². The summed E-state index contributed by atoms with van der Waals surface area (Å²) in [5.41, 5.74) is 5.44. The predicted molar refractivity (Wildman–Crippen MR) is 55.0 cm³/mol. The van der Waals surface area contributed by atoms with Crippen LogP contribution in [0.3, 0.4) is 0 Å². The topological polar surface area (TPSA) is 3.88 Å². The van der Waals surface area contributed by atoms with Gasteiger partial charge in [0, 0.05) is 25.5 Å². The van der Waals surface area contributed by atoms with E-state index in [1.54, 1.807) is 0 Å². The molecule has 0 amide bonds. The molecule has 0 aromatic carbocycles. The fourth-order valence-electron chi connectivity index (χ4n) is 1.18. The summed E-state index contributed by atoms with van der Waals surface area (Å²) in [5, 5.41) is 0. The van der Waals surface area contributed by atoms with Gasteiger partial charge in [-0.15, -0.1) is 2.78 Å². The van der Waals surface area contributed by atoms with Crippen LogP contribution >= 0.6 is 22.9 Å². The zero-order valence-electron chi connectivity index (χ0n) is 7.40. The van der Waals surface area contributed by atoms with E-state index in [1.165, 1.54) is 22.5 Å². The molecule has 0 N–H and O–H groups in total. The van der Waals surface area contributed by atoms with Gasteiger partial charge in [-0.05, 0) is 19.4 Å². The summed E-state index contributed by atoms with van der Waals surface area (Å²) in [6, 6.07) is 2.22. The smallest absolute Gasteiger partial charge is 0.138 e.